The zero-order valence-electron chi connectivity index (χ0n) is 34.0. The Bertz CT molecular complexity index is 3390. The minimum Gasteiger partial charge on any atom is -0.455 e. The topological polar surface area (TPSA) is 16.4 Å². The van der Waals surface area contributed by atoms with E-state index < -0.39 is 0 Å². The second kappa shape index (κ2) is 14.4. The molecular weight excluding hydrogens is 727 g/mol. The van der Waals surface area contributed by atoms with Crippen molar-refractivity contribution < 1.29 is 4.42 Å². The molecule has 0 spiro atoms. The monoisotopic (exact) mass is 769 g/mol. The summed E-state index contributed by atoms with van der Waals surface area (Å²) in [5, 5.41) is 9.97. The number of hydrogen-bond donors (Lipinski definition) is 0. The highest BCUT2D eigenvalue weighted by molar-refractivity contribution is 6.11. The van der Waals surface area contributed by atoms with Gasteiger partial charge in [-0.1, -0.05) is 172 Å². The Morgan fingerprint density at radius 3 is 1.72 bits per heavy atom. The van der Waals surface area contributed by atoms with Gasteiger partial charge >= 0.3 is 0 Å². The number of fused-ring (bicyclic) bond motifs is 7. The van der Waals surface area contributed by atoms with Crippen LogP contribution in [0.5, 0.6) is 0 Å². The van der Waals surface area contributed by atoms with Crippen molar-refractivity contribution in [1.82, 2.24) is 0 Å². The van der Waals surface area contributed by atoms with Gasteiger partial charge in [0.05, 0.1) is 0 Å². The molecule has 0 aliphatic carbocycles. The maximum atomic E-state index is 6.44. The summed E-state index contributed by atoms with van der Waals surface area (Å²) in [5.74, 6) is 0.403. The largest absolute Gasteiger partial charge is 0.455 e. The minimum atomic E-state index is 0.403. The molecule has 0 bridgehead atoms. The lowest BCUT2D eigenvalue weighted by Crippen LogP contribution is -2.10. The van der Waals surface area contributed by atoms with Crippen molar-refractivity contribution in [3.8, 4) is 33.4 Å². The van der Waals surface area contributed by atoms with E-state index in [9.17, 15) is 0 Å². The van der Waals surface area contributed by atoms with Gasteiger partial charge in [0.25, 0.3) is 0 Å². The Labute approximate surface area is 350 Å². The molecule has 0 amide bonds. The van der Waals surface area contributed by atoms with Crippen LogP contribution in [0.25, 0.3) is 87.6 Å². The Morgan fingerprint density at radius 2 is 0.983 bits per heavy atom. The van der Waals surface area contributed by atoms with Crippen molar-refractivity contribution in [3.05, 3.63) is 211 Å². The molecule has 11 rings (SSSR count). The fraction of sp³-hybridized carbons (Fsp3) is 0.0690. The van der Waals surface area contributed by atoms with Crippen LogP contribution < -0.4 is 4.90 Å². The van der Waals surface area contributed by atoms with Crippen molar-refractivity contribution in [1.29, 1.82) is 0 Å². The normalized spacial score (nSPS) is 11.7. The highest BCUT2D eigenvalue weighted by Gasteiger charge is 2.18. The van der Waals surface area contributed by atoms with Crippen LogP contribution in [0.3, 0.4) is 0 Å². The number of furan rings is 1. The molecule has 1 heterocycles. The highest BCUT2D eigenvalue weighted by atomic mass is 16.3. The molecule has 10 aromatic carbocycles. The van der Waals surface area contributed by atoms with E-state index in [1.54, 1.807) is 0 Å². The third kappa shape index (κ3) is 6.03. The second-order valence-corrected chi connectivity index (χ2v) is 16.3. The molecule has 11 aromatic rings. The summed E-state index contributed by atoms with van der Waals surface area (Å²) in [7, 11) is 0. The van der Waals surface area contributed by atoms with Crippen LogP contribution in [-0.2, 0) is 0 Å². The quantitative estimate of drug-likeness (QED) is 0.150. The molecule has 2 nitrogen and oxygen atoms in total. The van der Waals surface area contributed by atoms with Gasteiger partial charge in [-0.25, -0.2) is 0 Å². The Kier molecular flexibility index (Phi) is 8.60. The minimum absolute atomic E-state index is 0.403. The number of nitrogens with zero attached hydrogens (tertiary/aromatic N) is 1. The number of rotatable bonds is 7. The molecular formula is C58H43NO. The van der Waals surface area contributed by atoms with E-state index >= 15 is 0 Å². The SMILES string of the molecule is Cc1ccc2ccccc2c1-c1ccc(-c2ccc(N(c3ccc(-c4cccc5c4oc4ccccc45)cc3)c3ccc4c(c3)cc(C(C)C)c3ccccc34)cc2)cc1. The third-order valence-corrected chi connectivity index (χ3v) is 12.4. The van der Waals surface area contributed by atoms with E-state index in [0.29, 0.717) is 5.92 Å². The van der Waals surface area contributed by atoms with Gasteiger partial charge in [0, 0.05) is 33.4 Å². The Balaban J connectivity index is 0.998. The summed E-state index contributed by atoms with van der Waals surface area (Å²) in [6, 6.07) is 73.0. The van der Waals surface area contributed by atoms with Gasteiger partial charge in [-0.15, -0.1) is 0 Å². The molecule has 0 unspecified atom stereocenters. The number of hydrogen-bond acceptors (Lipinski definition) is 2. The first-order valence-corrected chi connectivity index (χ1v) is 20.9. The highest BCUT2D eigenvalue weighted by Crippen LogP contribution is 2.42. The molecule has 0 aliphatic heterocycles. The van der Waals surface area contributed by atoms with Gasteiger partial charge in [0.1, 0.15) is 11.2 Å². The van der Waals surface area contributed by atoms with E-state index in [2.05, 4.69) is 214 Å². The second-order valence-electron chi connectivity index (χ2n) is 16.3. The van der Waals surface area contributed by atoms with E-state index in [4.69, 9.17) is 4.42 Å². The first kappa shape index (κ1) is 35.7. The van der Waals surface area contributed by atoms with Crippen LogP contribution in [0.15, 0.2) is 205 Å². The van der Waals surface area contributed by atoms with E-state index in [1.165, 1.54) is 65.7 Å². The van der Waals surface area contributed by atoms with Crippen LogP contribution in [0.2, 0.25) is 0 Å². The van der Waals surface area contributed by atoms with Gasteiger partial charge in [0.2, 0.25) is 0 Å². The summed E-state index contributed by atoms with van der Waals surface area (Å²) >= 11 is 0. The smallest absolute Gasteiger partial charge is 0.143 e. The van der Waals surface area contributed by atoms with Crippen LogP contribution in [0.1, 0.15) is 30.9 Å². The first-order chi connectivity index (χ1) is 29.5. The zero-order chi connectivity index (χ0) is 40.3. The average molecular weight is 770 g/mol. The predicted molar refractivity (Wildman–Crippen MR) is 256 cm³/mol. The fourth-order valence-electron chi connectivity index (χ4n) is 9.35. The van der Waals surface area contributed by atoms with Gasteiger partial charge in [-0.05, 0) is 127 Å². The van der Waals surface area contributed by atoms with E-state index in [-0.39, 0.29) is 0 Å². The lowest BCUT2D eigenvalue weighted by atomic mass is 9.91. The van der Waals surface area contributed by atoms with E-state index in [1.807, 2.05) is 12.1 Å². The van der Waals surface area contributed by atoms with Crippen molar-refractivity contribution in [2.24, 2.45) is 0 Å². The molecule has 0 fully saturated rings. The summed E-state index contributed by atoms with van der Waals surface area (Å²) < 4.78 is 6.44. The first-order valence-electron chi connectivity index (χ1n) is 20.9. The fourth-order valence-corrected chi connectivity index (χ4v) is 9.35. The van der Waals surface area contributed by atoms with Crippen LogP contribution in [0.4, 0.5) is 17.1 Å². The summed E-state index contributed by atoms with van der Waals surface area (Å²) in [5.41, 5.74) is 14.9. The molecule has 1 aromatic heterocycles. The standard InChI is InChI=1S/C58H43NO/c1-37(2)55-36-44-35-47(33-34-48(44)51-13-6-7-14-52(51)55)59(46-31-27-42(28-32-46)50-16-10-17-54-53-15-8-9-18-56(53)60-58(50)54)45-29-25-40(26-30-45)39-21-23-43(24-22-39)57-38(3)19-20-41-11-4-5-12-49(41)57/h4-37H,1-3H3. The van der Waals surface area contributed by atoms with Crippen LogP contribution >= 0.6 is 0 Å². The summed E-state index contributed by atoms with van der Waals surface area (Å²) in [6.07, 6.45) is 0. The maximum Gasteiger partial charge on any atom is 0.143 e. The van der Waals surface area contributed by atoms with Crippen molar-refractivity contribution in [2.75, 3.05) is 4.90 Å². The summed E-state index contributed by atoms with van der Waals surface area (Å²) in [6.45, 7) is 6.78. The van der Waals surface area contributed by atoms with Gasteiger partial charge < -0.3 is 9.32 Å². The average Bonchev–Trinajstić information content (AvgIpc) is 3.68. The molecule has 0 atom stereocenters. The molecule has 0 radical (unpaired) electrons. The molecule has 60 heavy (non-hydrogen) atoms. The zero-order valence-corrected chi connectivity index (χ0v) is 34.0. The molecule has 0 aliphatic rings. The number of benzene rings is 10. The maximum absolute atomic E-state index is 6.44. The lowest BCUT2D eigenvalue weighted by Gasteiger charge is -2.26. The van der Waals surface area contributed by atoms with Gasteiger partial charge in [-0.3, -0.25) is 0 Å². The Morgan fingerprint density at radius 1 is 0.400 bits per heavy atom. The van der Waals surface area contributed by atoms with Gasteiger partial charge in [-0.2, -0.15) is 0 Å². The third-order valence-electron chi connectivity index (χ3n) is 12.4. The van der Waals surface area contributed by atoms with Crippen molar-refractivity contribution in [3.63, 3.8) is 0 Å². The molecule has 0 saturated heterocycles. The predicted octanol–water partition coefficient (Wildman–Crippen LogP) is 16.9. The van der Waals surface area contributed by atoms with Crippen molar-refractivity contribution in [2.45, 2.75) is 26.7 Å². The lowest BCUT2D eigenvalue weighted by molar-refractivity contribution is 0.670. The van der Waals surface area contributed by atoms with Crippen molar-refractivity contribution >= 4 is 71.3 Å². The van der Waals surface area contributed by atoms with Crippen LogP contribution in [-0.4, -0.2) is 0 Å². The molecule has 0 saturated carbocycles. The van der Waals surface area contributed by atoms with E-state index in [0.717, 1.165) is 50.1 Å². The van der Waals surface area contributed by atoms with Crippen LogP contribution in [0, 0.1) is 6.92 Å². The molecule has 286 valence electrons. The number of anilines is 3. The molecule has 0 N–H and O–H groups in total. The molecule has 2 heteroatoms. The summed E-state index contributed by atoms with van der Waals surface area (Å²) in [4.78, 5) is 2.38. The number of para-hydroxylation sites is 2. The number of aryl methyl sites for hydroxylation is 1. The Hall–Kier alpha value is -7.42. The van der Waals surface area contributed by atoms with Gasteiger partial charge in [0.15, 0.2) is 0 Å².